The maximum Gasteiger partial charge on any atom is 0.224 e. The Morgan fingerprint density at radius 2 is 1.79 bits per heavy atom. The average molecular weight is 507 g/mol. The molecule has 2 heterocycles. The van der Waals surface area contributed by atoms with Crippen molar-refractivity contribution in [2.45, 2.75) is 43.5 Å². The van der Waals surface area contributed by atoms with E-state index in [1.165, 1.54) is 19.2 Å². The van der Waals surface area contributed by atoms with Crippen LogP contribution in [0.1, 0.15) is 21.6 Å². The highest BCUT2D eigenvalue weighted by atomic mass is 32.1. The lowest BCUT2D eigenvalue weighted by atomic mass is 9.86. The fraction of sp³-hybridized carbons (Fsp3) is 0.360. The summed E-state index contributed by atoms with van der Waals surface area (Å²) in [4.78, 5) is 2.15. The van der Waals surface area contributed by atoms with E-state index in [-0.39, 0.29) is 12.4 Å². The molecule has 6 atom stereocenters. The van der Waals surface area contributed by atoms with E-state index >= 15 is 0 Å². The molecule has 1 aromatic heterocycles. The first-order valence-electron chi connectivity index (χ1n) is 10.8. The van der Waals surface area contributed by atoms with Gasteiger partial charge in [0.05, 0.1) is 6.61 Å². The van der Waals surface area contributed by atoms with Crippen LogP contribution in [0.2, 0.25) is 0 Å². The van der Waals surface area contributed by atoms with E-state index in [9.17, 15) is 19.7 Å². The van der Waals surface area contributed by atoms with Gasteiger partial charge in [-0.3, -0.25) is 0 Å². The normalized spacial score (nSPS) is 27.1. The third-order valence-electron chi connectivity index (χ3n) is 6.24. The quantitative estimate of drug-likeness (QED) is 0.425. The first-order valence-corrected chi connectivity index (χ1v) is 12.1. The van der Waals surface area contributed by atoms with E-state index in [0.717, 1.165) is 26.4 Å². The molecule has 3 N–H and O–H groups in total. The molecule has 4 rings (SSSR count). The summed E-state index contributed by atoms with van der Waals surface area (Å²) in [5.41, 5.74) is 3.52. The summed E-state index contributed by atoms with van der Waals surface area (Å²) in [6.45, 7) is 1.98. The number of hydrogen-bond acceptors (Lipinski definition) is 7. The number of aryl methyl sites for hydroxylation is 1. The lowest BCUT2D eigenvalue weighted by Gasteiger charge is -2.48. The molecule has 1 fully saturated rings. The molecular weight excluding hydrogens is 478 g/mol. The monoisotopic (exact) mass is 506 g/mol. The molecule has 3 aromatic rings. The van der Waals surface area contributed by atoms with Crippen LogP contribution in [0.15, 0.2) is 54.6 Å². The lowest BCUT2D eigenvalue weighted by Crippen LogP contribution is -2.64. The average Bonchev–Trinajstić information content (AvgIpc) is 3.30. The first kappa shape index (κ1) is 25.4. The molecule has 0 aliphatic carbocycles. The molecule has 0 amide bonds. The van der Waals surface area contributed by atoms with Crippen LogP contribution in [0.3, 0.4) is 0 Å². The summed E-state index contributed by atoms with van der Waals surface area (Å²) in [6, 6.07) is 16.1. The molecule has 182 valence electrons. The maximum atomic E-state index is 13.3. The zero-order valence-electron chi connectivity index (χ0n) is 18.8. The molecule has 6 nitrogen and oxygen atoms in total. The smallest absolute Gasteiger partial charge is 0.224 e. The summed E-state index contributed by atoms with van der Waals surface area (Å²) in [7, 11) is 3.47. The minimum absolute atomic E-state index is 0.0131. The second-order valence-electron chi connectivity index (χ2n) is 8.38. The minimum Gasteiger partial charge on any atom is -0.387 e. The summed E-state index contributed by atoms with van der Waals surface area (Å²) in [5, 5.41) is 31.7. The Balaban J connectivity index is 1.64. The summed E-state index contributed by atoms with van der Waals surface area (Å²) >= 11 is 1.62. The number of thiophene rings is 1. The molecule has 2 unspecified atom stereocenters. The first-order chi connectivity index (χ1) is 16.3. The van der Waals surface area contributed by atoms with Crippen LogP contribution in [-0.2, 0) is 26.2 Å². The molecule has 0 bridgehead atoms. The summed E-state index contributed by atoms with van der Waals surface area (Å²) in [6.07, 6.45) is -4.62. The van der Waals surface area contributed by atoms with E-state index in [1.54, 1.807) is 29.5 Å². The summed E-state index contributed by atoms with van der Waals surface area (Å²) in [5.74, 6) is -1.94. The van der Waals surface area contributed by atoms with Gasteiger partial charge in [-0.05, 0) is 53.9 Å². The van der Waals surface area contributed by atoms with Crippen LogP contribution in [0, 0.1) is 12.7 Å². The third-order valence-corrected chi connectivity index (χ3v) is 7.57. The molecule has 0 radical (unpaired) electrons. The Bertz CT molecular complexity index is 1120. The summed E-state index contributed by atoms with van der Waals surface area (Å²) < 4.78 is 30.0. The Labute approximate surface area is 204 Å². The van der Waals surface area contributed by atoms with Gasteiger partial charge < -0.3 is 29.3 Å². The number of benzene rings is 2. The van der Waals surface area contributed by atoms with E-state index in [2.05, 4.69) is 9.47 Å². The second-order valence-corrected chi connectivity index (χ2v) is 9.88. The fourth-order valence-corrected chi connectivity index (χ4v) is 5.48. The van der Waals surface area contributed by atoms with Crippen molar-refractivity contribution in [2.24, 2.45) is 0 Å². The van der Waals surface area contributed by atoms with Crippen LogP contribution in [0.25, 0.3) is 10.4 Å². The van der Waals surface area contributed by atoms with Crippen LogP contribution in [0.4, 0.5) is 4.39 Å². The van der Waals surface area contributed by atoms with Crippen LogP contribution in [0.5, 0.6) is 0 Å². The molecule has 1 aliphatic heterocycles. The predicted molar refractivity (Wildman–Crippen MR) is 131 cm³/mol. The van der Waals surface area contributed by atoms with E-state index in [1.807, 2.05) is 31.2 Å². The Morgan fingerprint density at radius 3 is 2.47 bits per heavy atom. The van der Waals surface area contributed by atoms with Gasteiger partial charge in [0.2, 0.25) is 5.79 Å². The van der Waals surface area contributed by atoms with Crippen molar-refractivity contribution in [3.8, 4) is 10.4 Å². The van der Waals surface area contributed by atoms with Crippen LogP contribution < -0.4 is 0 Å². The molecule has 2 aromatic carbocycles. The SMILES string of the molecule is COC1(c2ccc(C)c(Cc3ccc(-c4ccc(F)cc4)s3)c2)O[C@H](COP)[C@@H](O)[C@H](O)[C@H]1O. The molecule has 0 spiro atoms. The maximum absolute atomic E-state index is 13.3. The highest BCUT2D eigenvalue weighted by Gasteiger charge is 2.55. The number of methoxy groups -OCH3 is 1. The van der Waals surface area contributed by atoms with Crippen molar-refractivity contribution >= 4 is 20.8 Å². The van der Waals surface area contributed by atoms with Gasteiger partial charge in [0, 0.05) is 38.3 Å². The van der Waals surface area contributed by atoms with Crippen molar-refractivity contribution in [1.82, 2.24) is 0 Å². The Morgan fingerprint density at radius 1 is 1.06 bits per heavy atom. The van der Waals surface area contributed by atoms with Gasteiger partial charge in [-0.15, -0.1) is 11.3 Å². The Kier molecular flexibility index (Phi) is 7.82. The van der Waals surface area contributed by atoms with Crippen molar-refractivity contribution in [3.63, 3.8) is 0 Å². The third kappa shape index (κ3) is 4.83. The second kappa shape index (κ2) is 10.5. The molecule has 9 heteroatoms. The zero-order chi connectivity index (χ0) is 24.5. The standard InChI is InChI=1S/C25H28FO6PS/c1-14-3-6-17(25(30-2)24(29)23(28)22(27)20(32-25)13-31-33)11-16(14)12-19-9-10-21(34-19)15-4-7-18(26)8-5-15/h3-11,20,22-24,27-29H,12-13,33H2,1-2H3/t20-,22-,23+,24-,25?/m1/s1. The molecule has 34 heavy (non-hydrogen) atoms. The van der Waals surface area contributed by atoms with Gasteiger partial charge in [0.25, 0.3) is 0 Å². The largest absolute Gasteiger partial charge is 0.387 e. The van der Waals surface area contributed by atoms with Gasteiger partial charge >= 0.3 is 0 Å². The highest BCUT2D eigenvalue weighted by molar-refractivity contribution is 7.15. The van der Waals surface area contributed by atoms with Gasteiger partial charge in [0.15, 0.2) is 0 Å². The van der Waals surface area contributed by atoms with Crippen LogP contribution in [-0.4, -0.2) is 53.5 Å². The van der Waals surface area contributed by atoms with E-state index < -0.39 is 30.2 Å². The number of ether oxygens (including phenoxy) is 2. The van der Waals surface area contributed by atoms with Crippen molar-refractivity contribution in [1.29, 1.82) is 0 Å². The van der Waals surface area contributed by atoms with Gasteiger partial charge in [0.1, 0.15) is 30.2 Å². The predicted octanol–water partition coefficient (Wildman–Crippen LogP) is 3.54. The van der Waals surface area contributed by atoms with Crippen molar-refractivity contribution in [3.05, 3.63) is 82.0 Å². The lowest BCUT2D eigenvalue weighted by molar-refractivity contribution is -0.365. The van der Waals surface area contributed by atoms with Crippen LogP contribution >= 0.6 is 20.8 Å². The van der Waals surface area contributed by atoms with Gasteiger partial charge in [-0.25, -0.2) is 4.39 Å². The number of aliphatic hydroxyl groups is 3. The van der Waals surface area contributed by atoms with Crippen molar-refractivity contribution < 1.29 is 33.7 Å². The number of halogens is 1. The number of rotatable bonds is 7. The molecule has 1 saturated heterocycles. The van der Waals surface area contributed by atoms with Gasteiger partial charge in [-0.2, -0.15) is 0 Å². The van der Waals surface area contributed by atoms with E-state index in [4.69, 9.17) is 14.0 Å². The zero-order valence-corrected chi connectivity index (χ0v) is 20.8. The molecule has 1 aliphatic rings. The van der Waals surface area contributed by atoms with Crippen molar-refractivity contribution in [2.75, 3.05) is 13.7 Å². The Hall–Kier alpha value is -1.74. The topological polar surface area (TPSA) is 88.4 Å². The highest BCUT2D eigenvalue weighted by Crippen LogP contribution is 2.40. The fourth-order valence-electron chi connectivity index (χ4n) is 4.26. The molecular formula is C25H28FO6PS. The number of hydrogen-bond donors (Lipinski definition) is 3. The molecule has 0 saturated carbocycles. The number of aliphatic hydroxyl groups excluding tert-OH is 3. The van der Waals surface area contributed by atoms with Gasteiger partial charge in [-0.1, -0.05) is 24.3 Å². The minimum atomic E-state index is -1.68. The van der Waals surface area contributed by atoms with E-state index in [0.29, 0.717) is 12.0 Å².